The van der Waals surface area contributed by atoms with Gasteiger partial charge >= 0.3 is 0 Å². The van der Waals surface area contributed by atoms with Crippen molar-refractivity contribution in [1.29, 1.82) is 0 Å². The maximum atomic E-state index is 13.2. The molecule has 6 nitrogen and oxygen atoms in total. The van der Waals surface area contributed by atoms with Crippen molar-refractivity contribution in [2.45, 2.75) is 26.4 Å². The number of carbonyl (C=O) groups excluding carboxylic acids is 2. The number of thioether (sulfide) groups is 1. The fraction of sp³-hybridized carbons (Fsp3) is 0.261. The summed E-state index contributed by atoms with van der Waals surface area (Å²) in [5, 5.41) is 10.3. The van der Waals surface area contributed by atoms with Crippen LogP contribution in [0.25, 0.3) is 6.08 Å². The zero-order valence-corrected chi connectivity index (χ0v) is 18.8. The van der Waals surface area contributed by atoms with Gasteiger partial charge in [0.1, 0.15) is 18.5 Å². The molecule has 0 radical (unpaired) electrons. The average Bonchev–Trinajstić information content (AvgIpc) is 3.06. The molecule has 0 bridgehead atoms. The average molecular weight is 459 g/mol. The standard InChI is InChI=1S/C23H23ClN2O4S/c1-3-10-25-23-26(19-7-5-4-6-15(19)2)22(29)21(31-23)12-16-8-9-20(18(24)11-16)30-14-17(28)13-27/h4-9,11-13,17,28H,3,10,14H2,1-2H3/b21-12-,25-23-/t17-/m0/s1. The number of ether oxygens (including phenoxy) is 1. The molecule has 1 aliphatic heterocycles. The summed E-state index contributed by atoms with van der Waals surface area (Å²) in [6.45, 7) is 4.46. The van der Waals surface area contributed by atoms with E-state index in [-0.39, 0.29) is 12.5 Å². The van der Waals surface area contributed by atoms with Gasteiger partial charge in [0.25, 0.3) is 5.91 Å². The van der Waals surface area contributed by atoms with E-state index in [4.69, 9.17) is 16.3 Å². The van der Waals surface area contributed by atoms with Crippen LogP contribution < -0.4 is 9.64 Å². The van der Waals surface area contributed by atoms with Gasteiger partial charge in [-0.3, -0.25) is 14.7 Å². The van der Waals surface area contributed by atoms with Crippen LogP contribution >= 0.6 is 23.4 Å². The van der Waals surface area contributed by atoms with E-state index in [0.717, 1.165) is 23.2 Å². The van der Waals surface area contributed by atoms with Gasteiger partial charge in [-0.15, -0.1) is 0 Å². The summed E-state index contributed by atoms with van der Waals surface area (Å²) in [6, 6.07) is 12.8. The Hall–Kier alpha value is -2.61. The molecule has 1 heterocycles. The number of aliphatic imine (C=N–C) groups is 1. The molecule has 1 amide bonds. The Morgan fingerprint density at radius 3 is 2.74 bits per heavy atom. The van der Waals surface area contributed by atoms with Crippen molar-refractivity contribution in [3.8, 4) is 5.75 Å². The minimum absolute atomic E-state index is 0.139. The van der Waals surface area contributed by atoms with E-state index in [1.165, 1.54) is 11.8 Å². The van der Waals surface area contributed by atoms with Gasteiger partial charge < -0.3 is 14.6 Å². The van der Waals surface area contributed by atoms with Gasteiger partial charge in [0, 0.05) is 6.54 Å². The summed E-state index contributed by atoms with van der Waals surface area (Å²) in [4.78, 5) is 30.6. The molecule has 8 heteroatoms. The molecule has 162 valence electrons. The monoisotopic (exact) mass is 458 g/mol. The smallest absolute Gasteiger partial charge is 0.271 e. The van der Waals surface area contributed by atoms with Gasteiger partial charge in [-0.05, 0) is 60.5 Å². The number of nitrogens with zero attached hydrogens (tertiary/aromatic N) is 2. The van der Waals surface area contributed by atoms with Gasteiger partial charge in [-0.25, -0.2) is 0 Å². The molecule has 0 unspecified atom stereocenters. The van der Waals surface area contributed by atoms with Crippen LogP contribution in [0.5, 0.6) is 5.75 Å². The number of aliphatic hydroxyl groups is 1. The minimum Gasteiger partial charge on any atom is -0.489 e. The van der Waals surface area contributed by atoms with Crippen LogP contribution in [0.3, 0.4) is 0 Å². The Bertz CT molecular complexity index is 1040. The van der Waals surface area contributed by atoms with E-state index < -0.39 is 6.10 Å². The molecule has 2 aromatic carbocycles. The van der Waals surface area contributed by atoms with Crippen LogP contribution in [0.15, 0.2) is 52.4 Å². The fourth-order valence-electron chi connectivity index (χ4n) is 2.90. The van der Waals surface area contributed by atoms with Crippen LogP contribution in [-0.2, 0) is 9.59 Å². The lowest BCUT2D eigenvalue weighted by Gasteiger charge is -2.18. The number of amides is 1. The Morgan fingerprint density at radius 2 is 2.06 bits per heavy atom. The summed E-state index contributed by atoms with van der Waals surface area (Å²) < 4.78 is 5.35. The van der Waals surface area contributed by atoms with E-state index in [1.54, 1.807) is 29.2 Å². The highest BCUT2D eigenvalue weighted by atomic mass is 35.5. The summed E-state index contributed by atoms with van der Waals surface area (Å²) in [5.74, 6) is 0.210. The topological polar surface area (TPSA) is 79.2 Å². The number of hydrogen-bond donors (Lipinski definition) is 1. The zero-order valence-electron chi connectivity index (χ0n) is 17.2. The maximum Gasteiger partial charge on any atom is 0.271 e. The third-order valence-electron chi connectivity index (χ3n) is 4.45. The van der Waals surface area contributed by atoms with E-state index in [0.29, 0.717) is 33.7 Å². The number of halogens is 1. The molecule has 1 saturated heterocycles. The van der Waals surface area contributed by atoms with Crippen LogP contribution in [0, 0.1) is 6.92 Å². The van der Waals surface area contributed by atoms with Crippen molar-refractivity contribution < 1.29 is 19.4 Å². The third kappa shape index (κ3) is 5.55. The molecule has 1 atom stereocenters. The second-order valence-electron chi connectivity index (χ2n) is 6.91. The molecular weight excluding hydrogens is 436 g/mol. The van der Waals surface area contributed by atoms with E-state index >= 15 is 0 Å². The number of aryl methyl sites for hydroxylation is 1. The van der Waals surface area contributed by atoms with Crippen LogP contribution in [0.4, 0.5) is 5.69 Å². The number of anilines is 1. The van der Waals surface area contributed by atoms with Crippen molar-refractivity contribution in [2.24, 2.45) is 4.99 Å². The Balaban J connectivity index is 1.88. The van der Waals surface area contributed by atoms with Gasteiger partial charge in [-0.1, -0.05) is 42.8 Å². The Labute approximate surface area is 190 Å². The minimum atomic E-state index is -1.21. The lowest BCUT2D eigenvalue weighted by molar-refractivity contribution is -0.116. The molecule has 31 heavy (non-hydrogen) atoms. The number of para-hydroxylation sites is 1. The second-order valence-corrected chi connectivity index (χ2v) is 8.32. The molecule has 0 spiro atoms. The lowest BCUT2D eigenvalue weighted by atomic mass is 10.1. The molecule has 0 aliphatic carbocycles. The molecule has 1 aliphatic rings. The van der Waals surface area contributed by atoms with Gasteiger partial charge in [0.05, 0.1) is 15.6 Å². The number of amidine groups is 1. The highest BCUT2D eigenvalue weighted by molar-refractivity contribution is 8.19. The first-order valence-corrected chi connectivity index (χ1v) is 11.0. The number of carbonyl (C=O) groups is 2. The van der Waals surface area contributed by atoms with Crippen molar-refractivity contribution in [3.63, 3.8) is 0 Å². The molecular formula is C23H23ClN2O4S. The lowest BCUT2D eigenvalue weighted by Crippen LogP contribution is -2.29. The highest BCUT2D eigenvalue weighted by Crippen LogP contribution is 2.38. The molecule has 0 saturated carbocycles. The largest absolute Gasteiger partial charge is 0.489 e. The summed E-state index contributed by atoms with van der Waals surface area (Å²) in [6.07, 6.45) is 1.84. The normalized spacial score (nSPS) is 17.4. The highest BCUT2D eigenvalue weighted by Gasteiger charge is 2.35. The number of rotatable bonds is 8. The number of hydrogen-bond acceptors (Lipinski definition) is 6. The number of benzene rings is 2. The predicted octanol–water partition coefficient (Wildman–Crippen LogP) is 4.47. The molecule has 1 fully saturated rings. The van der Waals surface area contributed by atoms with Crippen molar-refractivity contribution in [2.75, 3.05) is 18.1 Å². The summed E-state index contributed by atoms with van der Waals surface area (Å²) in [7, 11) is 0. The second kappa shape index (κ2) is 10.6. The quantitative estimate of drug-likeness (QED) is 0.466. The predicted molar refractivity (Wildman–Crippen MR) is 126 cm³/mol. The van der Waals surface area contributed by atoms with Gasteiger partial charge in [0.2, 0.25) is 0 Å². The van der Waals surface area contributed by atoms with E-state index in [2.05, 4.69) is 4.99 Å². The SMILES string of the molecule is CCC/N=C1\S/C(=C\c2ccc(OC[C@@H](O)C=O)c(Cl)c2)C(=O)N1c1ccccc1C. The molecule has 0 aromatic heterocycles. The summed E-state index contributed by atoms with van der Waals surface area (Å²) >= 11 is 7.60. The third-order valence-corrected chi connectivity index (χ3v) is 5.76. The Morgan fingerprint density at radius 1 is 1.29 bits per heavy atom. The van der Waals surface area contributed by atoms with Gasteiger partial charge in [-0.2, -0.15) is 0 Å². The number of aldehydes is 1. The van der Waals surface area contributed by atoms with Crippen molar-refractivity contribution >= 4 is 52.5 Å². The molecule has 3 rings (SSSR count). The zero-order chi connectivity index (χ0) is 22.4. The van der Waals surface area contributed by atoms with Crippen LogP contribution in [0.2, 0.25) is 5.02 Å². The van der Waals surface area contributed by atoms with E-state index in [9.17, 15) is 14.7 Å². The maximum absolute atomic E-state index is 13.2. The van der Waals surface area contributed by atoms with Crippen LogP contribution in [0.1, 0.15) is 24.5 Å². The first kappa shape index (κ1) is 23.1. The van der Waals surface area contributed by atoms with Crippen LogP contribution in [-0.4, -0.2) is 41.7 Å². The first-order valence-electron chi connectivity index (χ1n) is 9.84. The molecule has 2 aromatic rings. The van der Waals surface area contributed by atoms with Crippen molar-refractivity contribution in [3.05, 3.63) is 63.5 Å². The first-order chi connectivity index (χ1) is 14.9. The molecule has 1 N–H and O–H groups in total. The van der Waals surface area contributed by atoms with Gasteiger partial charge in [0.15, 0.2) is 11.5 Å². The van der Waals surface area contributed by atoms with Crippen molar-refractivity contribution in [1.82, 2.24) is 0 Å². The fourth-order valence-corrected chi connectivity index (χ4v) is 4.15. The summed E-state index contributed by atoms with van der Waals surface area (Å²) in [5.41, 5.74) is 2.53. The Kier molecular flexibility index (Phi) is 7.90. The number of aliphatic hydroxyl groups excluding tert-OH is 1. The van der Waals surface area contributed by atoms with E-state index in [1.807, 2.05) is 38.1 Å².